The van der Waals surface area contributed by atoms with Gasteiger partial charge in [-0.1, -0.05) is 11.6 Å². The number of aromatic carboxylic acids is 1. The van der Waals surface area contributed by atoms with E-state index in [1.807, 2.05) is 6.07 Å². The van der Waals surface area contributed by atoms with Crippen molar-refractivity contribution in [1.82, 2.24) is 0 Å². The summed E-state index contributed by atoms with van der Waals surface area (Å²) < 4.78 is 0. The van der Waals surface area contributed by atoms with Gasteiger partial charge in [0, 0.05) is 17.8 Å². The number of carboxylic acids is 1. The molecule has 0 heterocycles. The van der Waals surface area contributed by atoms with Crippen LogP contribution in [0.1, 0.15) is 15.9 Å². The second-order valence-corrected chi connectivity index (χ2v) is 4.62. The molecule has 0 aliphatic heterocycles. The fourth-order valence-corrected chi connectivity index (χ4v) is 2.03. The molecule has 2 aromatic rings. The van der Waals surface area contributed by atoms with Gasteiger partial charge in [-0.25, -0.2) is 4.79 Å². The van der Waals surface area contributed by atoms with Crippen LogP contribution in [0.15, 0.2) is 42.5 Å². The van der Waals surface area contributed by atoms with E-state index in [9.17, 15) is 9.90 Å². The molecule has 0 fully saturated rings. The van der Waals surface area contributed by atoms with Crippen molar-refractivity contribution in [3.05, 3.63) is 58.6 Å². The highest BCUT2D eigenvalue weighted by Crippen LogP contribution is 2.30. The normalized spacial score (nSPS) is 9.85. The molecule has 0 aliphatic carbocycles. The third-order valence-electron chi connectivity index (χ3n) is 2.94. The Morgan fingerprint density at radius 2 is 1.90 bits per heavy atom. The first-order valence-corrected chi connectivity index (χ1v) is 6.17. The van der Waals surface area contributed by atoms with E-state index in [4.69, 9.17) is 16.9 Å². The van der Waals surface area contributed by atoms with Gasteiger partial charge in [0.1, 0.15) is 0 Å². The quantitative estimate of drug-likeness (QED) is 0.935. The van der Waals surface area contributed by atoms with Gasteiger partial charge in [0.05, 0.1) is 22.9 Å². The van der Waals surface area contributed by atoms with Crippen LogP contribution in [-0.4, -0.2) is 18.1 Å². The van der Waals surface area contributed by atoms with Crippen LogP contribution >= 0.6 is 11.6 Å². The lowest BCUT2D eigenvalue weighted by Gasteiger charge is -2.21. The van der Waals surface area contributed by atoms with Crippen LogP contribution in [0.5, 0.6) is 0 Å². The summed E-state index contributed by atoms with van der Waals surface area (Å²) in [6.45, 7) is 0. The topological polar surface area (TPSA) is 64.3 Å². The molecular weight excluding hydrogens is 276 g/mol. The maximum atomic E-state index is 11.3. The highest BCUT2D eigenvalue weighted by molar-refractivity contribution is 6.31. The van der Waals surface area contributed by atoms with E-state index < -0.39 is 5.97 Å². The van der Waals surface area contributed by atoms with Crippen LogP contribution in [0.25, 0.3) is 0 Å². The summed E-state index contributed by atoms with van der Waals surface area (Å²) in [5.41, 5.74) is 1.98. The number of nitrogens with zero attached hydrogens (tertiary/aromatic N) is 2. The first kappa shape index (κ1) is 13.9. The zero-order chi connectivity index (χ0) is 14.7. The Labute approximate surface area is 121 Å². The number of hydrogen-bond donors (Lipinski definition) is 1. The van der Waals surface area contributed by atoms with Gasteiger partial charge in [-0.05, 0) is 42.5 Å². The molecule has 4 nitrogen and oxygen atoms in total. The number of benzene rings is 2. The molecule has 0 unspecified atom stereocenters. The van der Waals surface area contributed by atoms with Crippen molar-refractivity contribution >= 4 is 28.9 Å². The van der Waals surface area contributed by atoms with E-state index in [-0.39, 0.29) is 5.56 Å². The summed E-state index contributed by atoms with van der Waals surface area (Å²) in [5, 5.41) is 18.5. The number of nitriles is 1. The van der Waals surface area contributed by atoms with Gasteiger partial charge < -0.3 is 10.0 Å². The third-order valence-corrected chi connectivity index (χ3v) is 3.17. The number of anilines is 2. The number of hydrogen-bond acceptors (Lipinski definition) is 3. The molecule has 1 N–H and O–H groups in total. The van der Waals surface area contributed by atoms with Crippen molar-refractivity contribution in [2.24, 2.45) is 0 Å². The Balaban J connectivity index is 2.46. The zero-order valence-corrected chi connectivity index (χ0v) is 11.4. The van der Waals surface area contributed by atoms with Crippen LogP contribution < -0.4 is 4.90 Å². The van der Waals surface area contributed by atoms with Crippen LogP contribution in [-0.2, 0) is 0 Å². The average molecular weight is 287 g/mol. The number of rotatable bonds is 3. The van der Waals surface area contributed by atoms with E-state index in [1.54, 1.807) is 48.3 Å². The minimum absolute atomic E-state index is 0.168. The highest BCUT2D eigenvalue weighted by Gasteiger charge is 2.15. The van der Waals surface area contributed by atoms with E-state index in [0.717, 1.165) is 5.69 Å². The Kier molecular flexibility index (Phi) is 3.92. The van der Waals surface area contributed by atoms with Crippen LogP contribution in [0.3, 0.4) is 0 Å². The molecule has 0 aromatic heterocycles. The summed E-state index contributed by atoms with van der Waals surface area (Å²) in [6, 6.07) is 13.5. The molecule has 0 spiro atoms. The molecule has 0 atom stereocenters. The summed E-state index contributed by atoms with van der Waals surface area (Å²) in [7, 11) is 1.75. The molecule has 0 amide bonds. The Morgan fingerprint density at radius 3 is 2.45 bits per heavy atom. The van der Waals surface area contributed by atoms with E-state index in [1.165, 1.54) is 6.07 Å². The number of halogens is 1. The van der Waals surface area contributed by atoms with E-state index in [0.29, 0.717) is 16.3 Å². The van der Waals surface area contributed by atoms with Gasteiger partial charge in [0.15, 0.2) is 0 Å². The molecule has 20 heavy (non-hydrogen) atoms. The van der Waals surface area contributed by atoms with E-state index in [2.05, 4.69) is 0 Å². The smallest absolute Gasteiger partial charge is 0.337 e. The highest BCUT2D eigenvalue weighted by atomic mass is 35.5. The fraction of sp³-hybridized carbons (Fsp3) is 0.0667. The molecule has 0 radical (unpaired) electrons. The lowest BCUT2D eigenvalue weighted by atomic mass is 10.1. The fourth-order valence-electron chi connectivity index (χ4n) is 1.86. The predicted molar refractivity (Wildman–Crippen MR) is 77.6 cm³/mol. The predicted octanol–water partition coefficient (Wildman–Crippen LogP) is 3.68. The second kappa shape index (κ2) is 5.64. The molecule has 100 valence electrons. The monoisotopic (exact) mass is 286 g/mol. The van der Waals surface area contributed by atoms with Gasteiger partial charge >= 0.3 is 5.97 Å². The summed E-state index contributed by atoms with van der Waals surface area (Å²) in [6.07, 6.45) is 0. The molecule has 0 saturated heterocycles. The van der Waals surface area contributed by atoms with Crippen molar-refractivity contribution in [2.75, 3.05) is 11.9 Å². The molecule has 0 saturated carbocycles. The minimum atomic E-state index is -1.02. The van der Waals surface area contributed by atoms with Crippen molar-refractivity contribution in [2.45, 2.75) is 0 Å². The summed E-state index contributed by atoms with van der Waals surface area (Å²) in [5.74, 6) is -1.02. The SMILES string of the molecule is CN(c1ccc(C#N)cc1)c1cc(Cl)ccc1C(=O)O. The molecule has 0 bridgehead atoms. The lowest BCUT2D eigenvalue weighted by Crippen LogP contribution is -2.14. The molecule has 0 aliphatic rings. The van der Waals surface area contributed by atoms with Crippen LogP contribution in [0, 0.1) is 11.3 Å². The zero-order valence-electron chi connectivity index (χ0n) is 10.7. The second-order valence-electron chi connectivity index (χ2n) is 4.18. The van der Waals surface area contributed by atoms with Crippen molar-refractivity contribution in [1.29, 1.82) is 5.26 Å². The summed E-state index contributed by atoms with van der Waals surface area (Å²) >= 11 is 5.94. The molecular formula is C15H11ClN2O2. The maximum Gasteiger partial charge on any atom is 0.337 e. The van der Waals surface area contributed by atoms with Crippen molar-refractivity contribution < 1.29 is 9.90 Å². The van der Waals surface area contributed by atoms with E-state index >= 15 is 0 Å². The number of carboxylic acid groups (broad SMARTS) is 1. The maximum absolute atomic E-state index is 11.3. The molecule has 5 heteroatoms. The van der Waals surface area contributed by atoms with Crippen LogP contribution in [0.4, 0.5) is 11.4 Å². The Morgan fingerprint density at radius 1 is 1.25 bits per heavy atom. The Hall–Kier alpha value is -2.51. The largest absolute Gasteiger partial charge is 0.478 e. The van der Waals surface area contributed by atoms with Gasteiger partial charge in [0.25, 0.3) is 0 Å². The first-order valence-electron chi connectivity index (χ1n) is 5.79. The van der Waals surface area contributed by atoms with Crippen molar-refractivity contribution in [3.63, 3.8) is 0 Å². The van der Waals surface area contributed by atoms with Gasteiger partial charge in [-0.15, -0.1) is 0 Å². The van der Waals surface area contributed by atoms with Gasteiger partial charge in [0.2, 0.25) is 0 Å². The third kappa shape index (κ3) is 2.73. The summed E-state index contributed by atoms with van der Waals surface area (Å²) in [4.78, 5) is 13.0. The van der Waals surface area contributed by atoms with Gasteiger partial charge in [-0.3, -0.25) is 0 Å². The van der Waals surface area contributed by atoms with Crippen LogP contribution in [0.2, 0.25) is 5.02 Å². The minimum Gasteiger partial charge on any atom is -0.478 e. The first-order chi connectivity index (χ1) is 9.52. The molecule has 2 aromatic carbocycles. The Bertz CT molecular complexity index is 690. The van der Waals surface area contributed by atoms with Crippen molar-refractivity contribution in [3.8, 4) is 6.07 Å². The average Bonchev–Trinajstić information content (AvgIpc) is 2.46. The number of carbonyl (C=O) groups is 1. The molecule has 2 rings (SSSR count). The van der Waals surface area contributed by atoms with Gasteiger partial charge in [-0.2, -0.15) is 5.26 Å². The lowest BCUT2D eigenvalue weighted by molar-refractivity contribution is 0.0697. The standard InChI is InChI=1S/C15H11ClN2O2/c1-18(12-5-2-10(9-17)3-6-12)14-8-11(16)4-7-13(14)15(19)20/h2-8H,1H3,(H,19,20).